The molecule has 2 aliphatic rings. The summed E-state index contributed by atoms with van der Waals surface area (Å²) in [7, 11) is 0. The van der Waals surface area contributed by atoms with E-state index in [1.54, 1.807) is 12.1 Å². The van der Waals surface area contributed by atoms with E-state index in [4.69, 9.17) is 4.74 Å². The van der Waals surface area contributed by atoms with E-state index in [9.17, 15) is 9.18 Å². The lowest BCUT2D eigenvalue weighted by Crippen LogP contribution is -2.46. The normalized spacial score (nSPS) is 18.9. The average molecular weight is 363 g/mol. The standard InChI is InChI=1S/C20H30FN3O2/c1-20(2,3)26-19(25)22-15-9-13-24(14-10-15)18-16(21)7-6-8-17(18)23-11-4-5-12-23/h6-8,15H,4-5,9-14H2,1-3H3,(H,22,25). The number of carbonyl (C=O) groups excluding carboxylic acids is 1. The van der Waals surface area contributed by atoms with E-state index < -0.39 is 5.60 Å². The minimum Gasteiger partial charge on any atom is -0.444 e. The Morgan fingerprint density at radius 3 is 2.38 bits per heavy atom. The van der Waals surface area contributed by atoms with E-state index in [0.717, 1.165) is 57.5 Å². The molecule has 2 saturated heterocycles. The smallest absolute Gasteiger partial charge is 0.407 e. The number of anilines is 2. The molecule has 2 aliphatic heterocycles. The zero-order valence-corrected chi connectivity index (χ0v) is 16.1. The second-order valence-electron chi connectivity index (χ2n) is 8.21. The minimum atomic E-state index is -0.497. The van der Waals surface area contributed by atoms with E-state index in [0.29, 0.717) is 5.69 Å². The Bertz CT molecular complexity index is 630. The van der Waals surface area contributed by atoms with Crippen LogP contribution in [-0.4, -0.2) is 43.9 Å². The van der Waals surface area contributed by atoms with Crippen LogP contribution in [0.5, 0.6) is 0 Å². The maximum atomic E-state index is 14.6. The van der Waals surface area contributed by atoms with Crippen LogP contribution in [0.2, 0.25) is 0 Å². The predicted octanol–water partition coefficient (Wildman–Crippen LogP) is 3.92. The van der Waals surface area contributed by atoms with Gasteiger partial charge in [-0.3, -0.25) is 0 Å². The number of carbonyl (C=O) groups is 1. The number of amides is 1. The molecule has 0 spiro atoms. The molecule has 0 aliphatic carbocycles. The first kappa shape index (κ1) is 18.8. The van der Waals surface area contributed by atoms with Crippen molar-refractivity contribution in [2.24, 2.45) is 0 Å². The van der Waals surface area contributed by atoms with E-state index >= 15 is 0 Å². The van der Waals surface area contributed by atoms with Crippen LogP contribution in [0.25, 0.3) is 0 Å². The van der Waals surface area contributed by atoms with Crippen molar-refractivity contribution in [3.05, 3.63) is 24.0 Å². The highest BCUT2D eigenvalue weighted by Gasteiger charge is 2.27. The second-order valence-corrected chi connectivity index (χ2v) is 8.21. The lowest BCUT2D eigenvalue weighted by molar-refractivity contribution is 0.0497. The van der Waals surface area contributed by atoms with Gasteiger partial charge in [0.25, 0.3) is 0 Å². The number of alkyl carbamates (subject to hydrolysis) is 1. The Kier molecular flexibility index (Phi) is 5.58. The molecule has 1 amide bonds. The molecule has 1 aromatic rings. The second kappa shape index (κ2) is 7.72. The molecule has 0 aromatic heterocycles. The Labute approximate surface area is 155 Å². The fourth-order valence-corrected chi connectivity index (χ4v) is 3.75. The van der Waals surface area contributed by atoms with Crippen molar-refractivity contribution in [2.45, 2.75) is 58.1 Å². The van der Waals surface area contributed by atoms with Crippen LogP contribution in [-0.2, 0) is 4.74 Å². The maximum Gasteiger partial charge on any atom is 0.407 e. The molecular weight excluding hydrogens is 333 g/mol. The molecule has 0 atom stereocenters. The largest absolute Gasteiger partial charge is 0.444 e. The summed E-state index contributed by atoms with van der Waals surface area (Å²) in [6.45, 7) is 9.00. The van der Waals surface area contributed by atoms with Gasteiger partial charge >= 0.3 is 6.09 Å². The summed E-state index contributed by atoms with van der Waals surface area (Å²) < 4.78 is 20.0. The van der Waals surface area contributed by atoms with Gasteiger partial charge in [0.05, 0.1) is 11.4 Å². The number of halogens is 1. The van der Waals surface area contributed by atoms with Gasteiger partial charge in [-0.2, -0.15) is 0 Å². The van der Waals surface area contributed by atoms with Crippen LogP contribution in [0.4, 0.5) is 20.6 Å². The van der Waals surface area contributed by atoms with Crippen molar-refractivity contribution in [3.8, 4) is 0 Å². The van der Waals surface area contributed by atoms with Gasteiger partial charge in [-0.25, -0.2) is 9.18 Å². The lowest BCUT2D eigenvalue weighted by atomic mass is 10.0. The van der Waals surface area contributed by atoms with Crippen molar-refractivity contribution in [1.29, 1.82) is 0 Å². The van der Waals surface area contributed by atoms with E-state index in [2.05, 4.69) is 15.1 Å². The van der Waals surface area contributed by atoms with Crippen molar-refractivity contribution >= 4 is 17.5 Å². The zero-order valence-electron chi connectivity index (χ0n) is 16.1. The number of para-hydroxylation sites is 1. The molecule has 6 heteroatoms. The third-order valence-electron chi connectivity index (χ3n) is 4.94. The molecule has 1 N–H and O–H groups in total. The van der Waals surface area contributed by atoms with Gasteiger partial charge in [-0.1, -0.05) is 6.07 Å². The Morgan fingerprint density at radius 1 is 1.12 bits per heavy atom. The third-order valence-corrected chi connectivity index (χ3v) is 4.94. The SMILES string of the molecule is CC(C)(C)OC(=O)NC1CCN(c2c(F)cccc2N2CCCC2)CC1. The molecule has 144 valence electrons. The van der Waals surface area contributed by atoms with Crippen molar-refractivity contribution in [2.75, 3.05) is 36.0 Å². The molecule has 26 heavy (non-hydrogen) atoms. The average Bonchev–Trinajstić information content (AvgIpc) is 3.08. The van der Waals surface area contributed by atoms with Gasteiger partial charge in [0.2, 0.25) is 0 Å². The minimum absolute atomic E-state index is 0.0723. The summed E-state index contributed by atoms with van der Waals surface area (Å²) in [6.07, 6.45) is 3.52. The van der Waals surface area contributed by atoms with Crippen molar-refractivity contribution in [3.63, 3.8) is 0 Å². The topological polar surface area (TPSA) is 44.8 Å². The number of piperidine rings is 1. The molecule has 0 bridgehead atoms. The lowest BCUT2D eigenvalue weighted by Gasteiger charge is -2.36. The van der Waals surface area contributed by atoms with Crippen LogP contribution >= 0.6 is 0 Å². The molecule has 0 radical (unpaired) electrons. The van der Waals surface area contributed by atoms with Crippen molar-refractivity contribution < 1.29 is 13.9 Å². The number of ether oxygens (including phenoxy) is 1. The Balaban J connectivity index is 1.62. The summed E-state index contributed by atoms with van der Waals surface area (Å²) in [5.41, 5.74) is 1.22. The summed E-state index contributed by atoms with van der Waals surface area (Å²) >= 11 is 0. The van der Waals surface area contributed by atoms with E-state index in [-0.39, 0.29) is 18.0 Å². The highest BCUT2D eigenvalue weighted by atomic mass is 19.1. The molecule has 3 rings (SSSR count). The summed E-state index contributed by atoms with van der Waals surface area (Å²) in [5, 5.41) is 2.94. The van der Waals surface area contributed by atoms with E-state index in [1.807, 2.05) is 26.8 Å². The summed E-state index contributed by atoms with van der Waals surface area (Å²) in [6, 6.07) is 5.43. The van der Waals surface area contributed by atoms with Crippen molar-refractivity contribution in [1.82, 2.24) is 5.32 Å². The van der Waals surface area contributed by atoms with Crippen LogP contribution in [0.15, 0.2) is 18.2 Å². The van der Waals surface area contributed by atoms with Crippen LogP contribution < -0.4 is 15.1 Å². The number of nitrogens with one attached hydrogen (secondary N) is 1. The molecule has 0 saturated carbocycles. The monoisotopic (exact) mass is 363 g/mol. The van der Waals surface area contributed by atoms with Gasteiger partial charge in [0, 0.05) is 32.2 Å². The molecule has 5 nitrogen and oxygen atoms in total. The van der Waals surface area contributed by atoms with E-state index in [1.165, 1.54) is 0 Å². The molecule has 2 fully saturated rings. The maximum absolute atomic E-state index is 14.6. The number of rotatable bonds is 3. The number of hydrogen-bond acceptors (Lipinski definition) is 4. The molecule has 0 unspecified atom stereocenters. The number of nitrogens with zero attached hydrogens (tertiary/aromatic N) is 2. The van der Waals surface area contributed by atoms with Crippen LogP contribution in [0.3, 0.4) is 0 Å². The first-order valence-electron chi connectivity index (χ1n) is 9.61. The molecule has 2 heterocycles. The third kappa shape index (κ3) is 4.59. The number of benzene rings is 1. The highest BCUT2D eigenvalue weighted by molar-refractivity contribution is 5.73. The highest BCUT2D eigenvalue weighted by Crippen LogP contribution is 2.35. The fourth-order valence-electron chi connectivity index (χ4n) is 3.75. The van der Waals surface area contributed by atoms with Gasteiger partial charge < -0.3 is 19.9 Å². The zero-order chi connectivity index (χ0) is 18.7. The van der Waals surface area contributed by atoms with Gasteiger partial charge in [-0.05, 0) is 58.6 Å². The first-order chi connectivity index (χ1) is 12.3. The Hall–Kier alpha value is -1.98. The van der Waals surface area contributed by atoms with Crippen LogP contribution in [0.1, 0.15) is 46.5 Å². The quantitative estimate of drug-likeness (QED) is 0.884. The van der Waals surface area contributed by atoms with Crippen LogP contribution in [0, 0.1) is 5.82 Å². The first-order valence-corrected chi connectivity index (χ1v) is 9.61. The summed E-state index contributed by atoms with van der Waals surface area (Å²) in [4.78, 5) is 16.3. The number of hydrogen-bond donors (Lipinski definition) is 1. The predicted molar refractivity (Wildman–Crippen MR) is 102 cm³/mol. The Morgan fingerprint density at radius 2 is 1.77 bits per heavy atom. The van der Waals surface area contributed by atoms with Gasteiger partial charge in [-0.15, -0.1) is 0 Å². The fraction of sp³-hybridized carbons (Fsp3) is 0.650. The van der Waals surface area contributed by atoms with Gasteiger partial charge in [0.15, 0.2) is 0 Å². The summed E-state index contributed by atoms with van der Waals surface area (Å²) in [5.74, 6) is -0.159. The van der Waals surface area contributed by atoms with Gasteiger partial charge in [0.1, 0.15) is 11.4 Å². The molecular formula is C20H30FN3O2. The molecule has 1 aromatic carbocycles.